The van der Waals surface area contributed by atoms with Crippen LogP contribution in [0.4, 0.5) is 8.78 Å². The van der Waals surface area contributed by atoms with E-state index >= 15 is 8.78 Å². The van der Waals surface area contributed by atoms with Crippen LogP contribution in [0, 0.1) is 23.0 Å². The Labute approximate surface area is 302 Å². The zero-order chi connectivity index (χ0) is 36.3. The van der Waals surface area contributed by atoms with E-state index in [2.05, 4.69) is 37.9 Å². The number of fused-ring (bicyclic) bond motifs is 8. The molecule has 2 aromatic heterocycles. The summed E-state index contributed by atoms with van der Waals surface area (Å²) >= 11 is 1.85. The number of benzene rings is 3. The lowest BCUT2D eigenvalue weighted by Crippen LogP contribution is -2.27. The first kappa shape index (κ1) is 36.6. The number of halogens is 2. The lowest BCUT2D eigenvalue weighted by atomic mass is 9.75. The third kappa shape index (κ3) is 7.99. The molecule has 0 amide bonds. The van der Waals surface area contributed by atoms with Crippen molar-refractivity contribution in [2.24, 2.45) is 18.4 Å². The average molecular weight is 717 g/mol. The van der Waals surface area contributed by atoms with Gasteiger partial charge in [0, 0.05) is 35.8 Å². The number of thioether (sulfide) groups is 1. The summed E-state index contributed by atoms with van der Waals surface area (Å²) in [5.41, 5.74) is 3.02. The van der Waals surface area contributed by atoms with Gasteiger partial charge in [0.15, 0.2) is 23.2 Å². The minimum absolute atomic E-state index is 0.0250. The van der Waals surface area contributed by atoms with Gasteiger partial charge in [-0.3, -0.25) is 4.79 Å². The number of carbonyl (C=O) groups is 1. The van der Waals surface area contributed by atoms with Crippen LogP contribution < -0.4 is 4.74 Å². The average Bonchev–Trinajstić information content (AvgIpc) is 3.73. The van der Waals surface area contributed by atoms with E-state index in [0.717, 1.165) is 52.8 Å². The van der Waals surface area contributed by atoms with Gasteiger partial charge < -0.3 is 19.6 Å². The number of aliphatic hydroxyl groups is 1. The fourth-order valence-corrected chi connectivity index (χ4v) is 8.15. The minimum atomic E-state index is -0.643. The van der Waals surface area contributed by atoms with E-state index in [1.807, 2.05) is 36.9 Å². The Morgan fingerprint density at radius 2 is 1.94 bits per heavy atom. The van der Waals surface area contributed by atoms with Crippen molar-refractivity contribution in [2.75, 3.05) is 24.7 Å². The van der Waals surface area contributed by atoms with Crippen molar-refractivity contribution in [2.45, 2.75) is 65.2 Å². The highest BCUT2D eigenvalue weighted by atomic mass is 32.2. The second-order valence-corrected chi connectivity index (χ2v) is 15.7. The first-order chi connectivity index (χ1) is 24.4. The topological polar surface area (TPSA) is 102 Å². The van der Waals surface area contributed by atoms with Gasteiger partial charge in [-0.25, -0.2) is 18.4 Å². The molecule has 2 atom stereocenters. The van der Waals surface area contributed by atoms with Crippen LogP contribution >= 0.6 is 11.8 Å². The fourth-order valence-electron chi connectivity index (χ4n) is 6.96. The Morgan fingerprint density at radius 3 is 2.75 bits per heavy atom. The Bertz CT molecular complexity index is 2020. The van der Waals surface area contributed by atoms with E-state index < -0.39 is 23.0 Å². The van der Waals surface area contributed by atoms with Crippen LogP contribution in [-0.4, -0.2) is 55.5 Å². The molecular formula is C40H46F2N4O4S. The van der Waals surface area contributed by atoms with Gasteiger partial charge in [-0.05, 0) is 84.9 Å². The normalized spacial score (nSPS) is 18.7. The smallest absolute Gasteiger partial charge is 0.309 e. The molecular weight excluding hydrogens is 671 g/mol. The number of hydrogen-bond donors (Lipinski definition) is 2. The van der Waals surface area contributed by atoms with Gasteiger partial charge in [-0.15, -0.1) is 0 Å². The third-order valence-corrected chi connectivity index (χ3v) is 11.4. The number of aryl methyl sites for hydroxylation is 2. The van der Waals surface area contributed by atoms with Gasteiger partial charge in [0.25, 0.3) is 0 Å². The standard InChI is InChI=1S/C40H46F2N4O4S/c1-25(37(48)49-18-17-47)20-26-8-6-9-27(21-26)40(4)15-7-14-39(2,3)24-51-19-13-30-29-12-16-43-34(29)23-33(42)35(30)50-28-10-11-32(41)31(22-28)36-44-38(40)45-46(36)5/h6,8-12,16,21-23,25,43,47H,7,13-15,17-20,24H2,1-5H3. The predicted molar refractivity (Wildman–Crippen MR) is 197 cm³/mol. The second kappa shape index (κ2) is 15.2. The van der Waals surface area contributed by atoms with E-state index in [0.29, 0.717) is 35.8 Å². The number of carbonyl (C=O) groups excluding carboxylic acids is 1. The molecule has 1 aliphatic heterocycles. The lowest BCUT2D eigenvalue weighted by Gasteiger charge is -2.31. The first-order valence-corrected chi connectivity index (χ1v) is 18.7. The molecule has 4 bridgehead atoms. The molecule has 8 nitrogen and oxygen atoms in total. The summed E-state index contributed by atoms with van der Waals surface area (Å²) in [4.78, 5) is 20.6. The Kier molecular flexibility index (Phi) is 10.9. The van der Waals surface area contributed by atoms with E-state index in [1.54, 1.807) is 24.0 Å². The number of H-pyrrole nitrogens is 1. The molecule has 2 N–H and O–H groups in total. The number of ether oxygens (including phenoxy) is 2. The van der Waals surface area contributed by atoms with E-state index in [4.69, 9.17) is 24.7 Å². The molecule has 0 radical (unpaired) electrons. The molecule has 51 heavy (non-hydrogen) atoms. The van der Waals surface area contributed by atoms with Crippen molar-refractivity contribution in [1.82, 2.24) is 19.7 Å². The monoisotopic (exact) mass is 716 g/mol. The predicted octanol–water partition coefficient (Wildman–Crippen LogP) is 8.54. The Hall–Kier alpha value is -4.22. The highest BCUT2D eigenvalue weighted by Crippen LogP contribution is 2.41. The first-order valence-electron chi connectivity index (χ1n) is 17.5. The minimum Gasteiger partial charge on any atom is -0.463 e. The van der Waals surface area contributed by atoms with Crippen molar-refractivity contribution in [3.63, 3.8) is 0 Å². The van der Waals surface area contributed by atoms with E-state index in [9.17, 15) is 4.79 Å². The zero-order valence-electron chi connectivity index (χ0n) is 29.9. The molecule has 1 aliphatic rings. The largest absolute Gasteiger partial charge is 0.463 e. The number of nitrogens with one attached hydrogen (secondary N) is 1. The van der Waals surface area contributed by atoms with Crippen molar-refractivity contribution < 1.29 is 28.2 Å². The van der Waals surface area contributed by atoms with Crippen LogP contribution in [0.25, 0.3) is 22.3 Å². The summed E-state index contributed by atoms with van der Waals surface area (Å²) in [6.07, 6.45) is 5.46. The van der Waals surface area contributed by atoms with Gasteiger partial charge in [-0.1, -0.05) is 51.5 Å². The van der Waals surface area contributed by atoms with Crippen molar-refractivity contribution in [1.29, 1.82) is 0 Å². The van der Waals surface area contributed by atoms with Gasteiger partial charge in [0.1, 0.15) is 18.2 Å². The summed E-state index contributed by atoms with van der Waals surface area (Å²) in [6.45, 7) is 8.26. The van der Waals surface area contributed by atoms with Gasteiger partial charge in [0.2, 0.25) is 0 Å². The maximum Gasteiger partial charge on any atom is 0.309 e. The molecule has 0 aliphatic carbocycles. The quantitative estimate of drug-likeness (QED) is 0.170. The highest BCUT2D eigenvalue weighted by molar-refractivity contribution is 7.99. The molecule has 270 valence electrons. The van der Waals surface area contributed by atoms with Crippen LogP contribution in [0.3, 0.4) is 0 Å². The number of hydrogen-bond acceptors (Lipinski definition) is 7. The molecule has 0 fully saturated rings. The van der Waals surface area contributed by atoms with Gasteiger partial charge in [-0.2, -0.15) is 16.9 Å². The van der Waals surface area contributed by atoms with Gasteiger partial charge in [0.05, 0.1) is 23.5 Å². The lowest BCUT2D eigenvalue weighted by molar-refractivity contribution is -0.148. The molecule has 2 unspecified atom stereocenters. The van der Waals surface area contributed by atoms with Crippen molar-refractivity contribution in [3.05, 3.63) is 94.9 Å². The van der Waals surface area contributed by atoms with E-state index in [1.165, 1.54) is 18.2 Å². The van der Waals surface area contributed by atoms with Crippen LogP contribution in [0.2, 0.25) is 0 Å². The zero-order valence-corrected chi connectivity index (χ0v) is 30.7. The number of aliphatic hydroxyl groups excluding tert-OH is 1. The summed E-state index contributed by atoms with van der Waals surface area (Å²) in [7, 11) is 1.75. The fraction of sp³-hybridized carbons (Fsp3) is 0.425. The Morgan fingerprint density at radius 1 is 1.12 bits per heavy atom. The number of esters is 1. The summed E-state index contributed by atoms with van der Waals surface area (Å²) in [5, 5.41) is 14.9. The van der Waals surface area contributed by atoms with Gasteiger partial charge >= 0.3 is 5.97 Å². The number of aromatic nitrogens is 4. The number of rotatable bonds is 6. The highest BCUT2D eigenvalue weighted by Gasteiger charge is 2.35. The van der Waals surface area contributed by atoms with Crippen molar-refractivity contribution in [3.8, 4) is 22.9 Å². The molecule has 0 saturated carbocycles. The molecule has 5 aromatic rings. The van der Waals surface area contributed by atoms with Crippen LogP contribution in [0.15, 0.2) is 60.8 Å². The van der Waals surface area contributed by atoms with Crippen LogP contribution in [0.1, 0.15) is 69.5 Å². The molecule has 0 saturated heterocycles. The number of nitrogens with zero attached hydrogens (tertiary/aromatic N) is 3. The molecule has 0 spiro atoms. The summed E-state index contributed by atoms with van der Waals surface area (Å²) < 4.78 is 44.3. The number of aromatic amines is 1. The molecule has 3 heterocycles. The van der Waals surface area contributed by atoms with Crippen LogP contribution in [-0.2, 0) is 34.8 Å². The Balaban J connectivity index is 1.42. The van der Waals surface area contributed by atoms with Crippen molar-refractivity contribution >= 4 is 28.6 Å². The maximum absolute atomic E-state index is 15.7. The third-order valence-electron chi connectivity index (χ3n) is 9.88. The molecule has 6 rings (SSSR count). The summed E-state index contributed by atoms with van der Waals surface area (Å²) in [6, 6.07) is 15.9. The maximum atomic E-state index is 15.7. The second-order valence-electron chi connectivity index (χ2n) is 14.6. The SMILES string of the molecule is CC(Cc1cccc(C2(C)CCCC(C)(C)CSCCc3c(c(F)cc4[nH]ccc34)Oc3ccc(F)c(c3)-c3nc2nn3C)c1)C(=O)OCCO. The molecule has 11 heteroatoms. The van der Waals surface area contributed by atoms with Crippen LogP contribution in [0.5, 0.6) is 11.5 Å². The van der Waals surface area contributed by atoms with E-state index in [-0.39, 0.29) is 35.9 Å². The molecule has 3 aromatic carbocycles. The summed E-state index contributed by atoms with van der Waals surface area (Å²) in [5.74, 6) is 1.30.